The smallest absolute Gasteiger partial charge is 0.265 e. The van der Waals surface area contributed by atoms with E-state index in [1.165, 1.54) is 0 Å². The van der Waals surface area contributed by atoms with Crippen LogP contribution in [0.5, 0.6) is 0 Å². The predicted molar refractivity (Wildman–Crippen MR) is 32.8 cm³/mol. The van der Waals surface area contributed by atoms with Crippen LogP contribution >= 0.6 is 0 Å². The molecule has 0 bridgehead atoms. The lowest BCUT2D eigenvalue weighted by Crippen LogP contribution is -2.45. The van der Waals surface area contributed by atoms with E-state index in [1.807, 2.05) is 0 Å². The first-order valence-electron chi connectivity index (χ1n) is 2.74. The maximum atomic E-state index is 10.2. The molecule has 1 saturated heterocycles. The second-order valence-electron chi connectivity index (χ2n) is 2.27. The van der Waals surface area contributed by atoms with Crippen LogP contribution in [0.3, 0.4) is 0 Å². The van der Waals surface area contributed by atoms with Gasteiger partial charge in [0.25, 0.3) is 10.1 Å². The summed E-state index contributed by atoms with van der Waals surface area (Å²) in [7, 11) is -3.72. The molecule has 5 heteroatoms. The zero-order valence-electron chi connectivity index (χ0n) is 4.87. The molecule has 0 aromatic carbocycles. The first-order chi connectivity index (χ1) is 4.08. The van der Waals surface area contributed by atoms with Crippen LogP contribution in [0.4, 0.5) is 0 Å². The van der Waals surface area contributed by atoms with Crippen molar-refractivity contribution in [3.05, 3.63) is 0 Å². The first kappa shape index (κ1) is 6.98. The molecule has 1 aliphatic rings. The fraction of sp³-hybridized carbons (Fsp3) is 1.00. The lowest BCUT2D eigenvalue weighted by Gasteiger charge is -2.25. The summed E-state index contributed by atoms with van der Waals surface area (Å²) in [6, 6.07) is 0. The molecule has 0 aromatic rings. The molecule has 0 aromatic heterocycles. The van der Waals surface area contributed by atoms with Crippen molar-refractivity contribution in [2.24, 2.45) is 5.92 Å². The molecule has 0 unspecified atom stereocenters. The topological polar surface area (TPSA) is 66.4 Å². The van der Waals surface area contributed by atoms with Crippen LogP contribution in [-0.4, -0.2) is 31.8 Å². The van der Waals surface area contributed by atoms with E-state index in [2.05, 4.69) is 5.32 Å². The van der Waals surface area contributed by atoms with E-state index in [9.17, 15) is 8.42 Å². The van der Waals surface area contributed by atoms with Gasteiger partial charge in [-0.05, 0) is 0 Å². The minimum atomic E-state index is -3.72. The van der Waals surface area contributed by atoms with Crippen LogP contribution in [0.25, 0.3) is 0 Å². The highest BCUT2D eigenvalue weighted by Crippen LogP contribution is 2.04. The summed E-state index contributed by atoms with van der Waals surface area (Å²) in [5, 5.41) is 2.91. The molecule has 0 saturated carbocycles. The van der Waals surface area contributed by atoms with Crippen molar-refractivity contribution in [3.8, 4) is 0 Å². The number of hydrogen-bond acceptors (Lipinski definition) is 3. The Balaban J connectivity index is 2.33. The fourth-order valence-electron chi connectivity index (χ4n) is 0.764. The monoisotopic (exact) mass is 151 g/mol. The van der Waals surface area contributed by atoms with Gasteiger partial charge < -0.3 is 5.32 Å². The average Bonchev–Trinajstić information content (AvgIpc) is 1.53. The van der Waals surface area contributed by atoms with Gasteiger partial charge in [-0.3, -0.25) is 4.55 Å². The van der Waals surface area contributed by atoms with Gasteiger partial charge in [-0.25, -0.2) is 0 Å². The Hall–Kier alpha value is -0.130. The second-order valence-corrected chi connectivity index (χ2v) is 3.77. The molecule has 1 aliphatic heterocycles. The summed E-state index contributed by atoms with van der Waals surface area (Å²) in [5.74, 6) is 0.0278. The summed E-state index contributed by atoms with van der Waals surface area (Å²) >= 11 is 0. The predicted octanol–water partition coefficient (Wildman–Crippen LogP) is -0.906. The van der Waals surface area contributed by atoms with E-state index >= 15 is 0 Å². The Morgan fingerprint density at radius 3 is 2.22 bits per heavy atom. The van der Waals surface area contributed by atoms with Gasteiger partial charge in [0.2, 0.25) is 0 Å². The summed E-state index contributed by atoms with van der Waals surface area (Å²) in [6.45, 7) is 1.42. The summed E-state index contributed by atoms with van der Waals surface area (Å²) in [6.07, 6.45) is 0. The van der Waals surface area contributed by atoms with E-state index in [4.69, 9.17) is 4.55 Å². The Morgan fingerprint density at radius 2 is 2.11 bits per heavy atom. The van der Waals surface area contributed by atoms with Gasteiger partial charge in [0.1, 0.15) is 0 Å². The van der Waals surface area contributed by atoms with Crippen LogP contribution in [0, 0.1) is 5.92 Å². The van der Waals surface area contributed by atoms with Gasteiger partial charge in [-0.15, -0.1) is 0 Å². The standard InChI is InChI=1S/C4H9NO3S/c6-9(7,8)3-4-1-5-2-4/h4-5H,1-3H2,(H,6,7,8). The van der Waals surface area contributed by atoms with Gasteiger partial charge in [-0.1, -0.05) is 0 Å². The van der Waals surface area contributed by atoms with Crippen molar-refractivity contribution in [2.45, 2.75) is 0 Å². The van der Waals surface area contributed by atoms with Gasteiger partial charge >= 0.3 is 0 Å². The highest BCUT2D eigenvalue weighted by molar-refractivity contribution is 7.85. The third kappa shape index (κ3) is 2.30. The molecule has 0 radical (unpaired) electrons. The molecule has 4 nitrogen and oxygen atoms in total. The summed E-state index contributed by atoms with van der Waals surface area (Å²) < 4.78 is 28.6. The Morgan fingerprint density at radius 1 is 1.56 bits per heavy atom. The van der Waals surface area contributed by atoms with E-state index in [0.717, 1.165) is 0 Å². The van der Waals surface area contributed by atoms with Crippen LogP contribution in [-0.2, 0) is 10.1 Å². The molecule has 1 rings (SSSR count). The minimum Gasteiger partial charge on any atom is -0.316 e. The molecule has 2 N–H and O–H groups in total. The molecule has 0 amide bonds. The Kier molecular flexibility index (Phi) is 1.74. The molecule has 0 spiro atoms. The number of nitrogens with one attached hydrogen (secondary N) is 1. The Labute approximate surface area is 54.0 Å². The lowest BCUT2D eigenvalue weighted by molar-refractivity contribution is 0.366. The van der Waals surface area contributed by atoms with E-state index in [0.29, 0.717) is 13.1 Å². The van der Waals surface area contributed by atoms with Gasteiger partial charge in [0.05, 0.1) is 5.75 Å². The minimum absolute atomic E-state index is 0.0972. The number of hydrogen-bond donors (Lipinski definition) is 2. The van der Waals surface area contributed by atoms with Crippen molar-refractivity contribution in [1.82, 2.24) is 5.32 Å². The third-order valence-corrected chi connectivity index (χ3v) is 2.20. The SMILES string of the molecule is O=S(=O)(O)CC1CNC1. The molecule has 0 atom stereocenters. The van der Waals surface area contributed by atoms with Crippen molar-refractivity contribution in [2.75, 3.05) is 18.8 Å². The van der Waals surface area contributed by atoms with Crippen LogP contribution in [0.2, 0.25) is 0 Å². The maximum Gasteiger partial charge on any atom is 0.265 e. The van der Waals surface area contributed by atoms with Crippen LogP contribution in [0.1, 0.15) is 0 Å². The average molecular weight is 151 g/mol. The van der Waals surface area contributed by atoms with E-state index in [-0.39, 0.29) is 11.7 Å². The van der Waals surface area contributed by atoms with Crippen LogP contribution in [0.15, 0.2) is 0 Å². The normalized spacial score (nSPS) is 21.4. The first-order valence-corrected chi connectivity index (χ1v) is 4.35. The summed E-state index contributed by atoms with van der Waals surface area (Å²) in [4.78, 5) is 0. The largest absolute Gasteiger partial charge is 0.316 e. The second kappa shape index (κ2) is 2.24. The van der Waals surface area contributed by atoms with Crippen LogP contribution < -0.4 is 5.32 Å². The molecule has 0 aliphatic carbocycles. The highest BCUT2D eigenvalue weighted by Gasteiger charge is 2.22. The van der Waals surface area contributed by atoms with Gasteiger partial charge in [0.15, 0.2) is 0 Å². The van der Waals surface area contributed by atoms with Crippen molar-refractivity contribution >= 4 is 10.1 Å². The molecule has 1 fully saturated rings. The molecular weight excluding hydrogens is 142 g/mol. The maximum absolute atomic E-state index is 10.2. The molecule has 1 heterocycles. The quantitative estimate of drug-likeness (QED) is 0.502. The van der Waals surface area contributed by atoms with Crippen molar-refractivity contribution in [3.63, 3.8) is 0 Å². The lowest BCUT2D eigenvalue weighted by atomic mass is 10.1. The zero-order valence-corrected chi connectivity index (χ0v) is 5.69. The molecule has 54 valence electrons. The zero-order chi connectivity index (χ0) is 6.91. The van der Waals surface area contributed by atoms with Gasteiger partial charge in [-0.2, -0.15) is 8.42 Å². The molecule has 9 heavy (non-hydrogen) atoms. The van der Waals surface area contributed by atoms with E-state index in [1.54, 1.807) is 0 Å². The highest BCUT2D eigenvalue weighted by atomic mass is 32.2. The van der Waals surface area contributed by atoms with Crippen molar-refractivity contribution < 1.29 is 13.0 Å². The molecular formula is C4H9NO3S. The number of rotatable bonds is 2. The van der Waals surface area contributed by atoms with Gasteiger partial charge in [0, 0.05) is 19.0 Å². The summed E-state index contributed by atoms with van der Waals surface area (Å²) in [5.41, 5.74) is 0. The Bertz CT molecular complexity index is 182. The van der Waals surface area contributed by atoms with E-state index < -0.39 is 10.1 Å². The fourth-order valence-corrected chi connectivity index (χ4v) is 1.60. The third-order valence-electron chi connectivity index (χ3n) is 1.31. The van der Waals surface area contributed by atoms with Crippen molar-refractivity contribution in [1.29, 1.82) is 0 Å².